The van der Waals surface area contributed by atoms with Gasteiger partial charge in [-0.15, -0.1) is 0 Å². The van der Waals surface area contributed by atoms with Crippen LogP contribution in [-0.2, 0) is 19.0 Å². The molecule has 0 aromatic carbocycles. The van der Waals surface area contributed by atoms with Gasteiger partial charge in [0.15, 0.2) is 5.79 Å². The lowest BCUT2D eigenvalue weighted by Gasteiger charge is -2.41. The van der Waals surface area contributed by atoms with Crippen LogP contribution in [0.5, 0.6) is 0 Å². The third-order valence-electron chi connectivity index (χ3n) is 4.25. The number of hydrogen-bond acceptors (Lipinski definition) is 5. The van der Waals surface area contributed by atoms with Crippen molar-refractivity contribution in [1.82, 2.24) is 4.90 Å². The Morgan fingerprint density at radius 1 is 1.22 bits per heavy atom. The minimum Gasteiger partial charge on any atom is -0.469 e. The summed E-state index contributed by atoms with van der Waals surface area (Å²) in [7, 11) is 1.44. The molecular weight excluding hydrogens is 234 g/mol. The summed E-state index contributed by atoms with van der Waals surface area (Å²) in [4.78, 5) is 13.9. The third kappa shape index (κ3) is 2.68. The van der Waals surface area contributed by atoms with Crippen LogP contribution in [0.2, 0.25) is 0 Å². The van der Waals surface area contributed by atoms with Gasteiger partial charge in [-0.2, -0.15) is 0 Å². The Hall–Kier alpha value is -0.650. The SMILES string of the molecule is COC(=O)C(C)C(C)N1CCC2(CC1)OCCO2. The number of esters is 1. The van der Waals surface area contributed by atoms with Crippen molar-refractivity contribution in [3.63, 3.8) is 0 Å². The molecule has 0 radical (unpaired) electrons. The highest BCUT2D eigenvalue weighted by Crippen LogP contribution is 2.32. The number of ether oxygens (including phenoxy) is 3. The predicted molar refractivity (Wildman–Crippen MR) is 66.1 cm³/mol. The highest BCUT2D eigenvalue weighted by atomic mass is 16.7. The van der Waals surface area contributed by atoms with Crippen LogP contribution in [-0.4, -0.2) is 56.1 Å². The first-order valence-corrected chi connectivity index (χ1v) is 6.68. The fourth-order valence-electron chi connectivity index (χ4n) is 2.76. The Balaban J connectivity index is 1.87. The smallest absolute Gasteiger partial charge is 0.309 e. The lowest BCUT2D eigenvalue weighted by Crippen LogP contribution is -2.50. The molecule has 0 saturated carbocycles. The molecule has 1 spiro atoms. The van der Waals surface area contributed by atoms with Crippen molar-refractivity contribution in [2.75, 3.05) is 33.4 Å². The van der Waals surface area contributed by atoms with Crippen LogP contribution in [0.3, 0.4) is 0 Å². The Morgan fingerprint density at radius 2 is 1.78 bits per heavy atom. The van der Waals surface area contributed by atoms with E-state index in [0.29, 0.717) is 13.2 Å². The average molecular weight is 257 g/mol. The molecule has 104 valence electrons. The van der Waals surface area contributed by atoms with E-state index in [1.165, 1.54) is 7.11 Å². The number of rotatable bonds is 3. The summed E-state index contributed by atoms with van der Waals surface area (Å²) in [6.07, 6.45) is 1.76. The van der Waals surface area contributed by atoms with Gasteiger partial charge in [-0.05, 0) is 6.92 Å². The topological polar surface area (TPSA) is 48.0 Å². The molecule has 0 aliphatic carbocycles. The van der Waals surface area contributed by atoms with Crippen LogP contribution in [0.4, 0.5) is 0 Å². The van der Waals surface area contributed by atoms with E-state index in [1.807, 2.05) is 6.92 Å². The van der Waals surface area contributed by atoms with Gasteiger partial charge >= 0.3 is 5.97 Å². The predicted octanol–water partition coefficient (Wildman–Crippen LogP) is 1.02. The van der Waals surface area contributed by atoms with Crippen molar-refractivity contribution < 1.29 is 19.0 Å². The van der Waals surface area contributed by atoms with Gasteiger partial charge in [0.2, 0.25) is 0 Å². The maximum Gasteiger partial charge on any atom is 0.309 e. The lowest BCUT2D eigenvalue weighted by molar-refractivity contribution is -0.189. The summed E-state index contributed by atoms with van der Waals surface area (Å²) in [5, 5.41) is 0. The minimum atomic E-state index is -0.343. The van der Waals surface area contributed by atoms with E-state index >= 15 is 0 Å². The van der Waals surface area contributed by atoms with Gasteiger partial charge in [-0.3, -0.25) is 9.69 Å². The molecule has 2 unspecified atom stereocenters. The summed E-state index contributed by atoms with van der Waals surface area (Å²) >= 11 is 0. The third-order valence-corrected chi connectivity index (χ3v) is 4.25. The van der Waals surface area contributed by atoms with Crippen molar-refractivity contribution >= 4 is 5.97 Å². The van der Waals surface area contributed by atoms with E-state index in [4.69, 9.17) is 14.2 Å². The summed E-state index contributed by atoms with van der Waals surface area (Å²) in [5.41, 5.74) is 0. The monoisotopic (exact) mass is 257 g/mol. The number of likely N-dealkylation sites (tertiary alicyclic amines) is 1. The van der Waals surface area contributed by atoms with E-state index in [1.54, 1.807) is 0 Å². The first-order chi connectivity index (χ1) is 8.58. The number of piperidine rings is 1. The standard InChI is InChI=1S/C13H23NO4/c1-10(12(15)16-3)11(2)14-6-4-13(5-7-14)17-8-9-18-13/h10-11H,4-9H2,1-3H3. The van der Waals surface area contributed by atoms with Gasteiger partial charge in [-0.25, -0.2) is 0 Å². The van der Waals surface area contributed by atoms with Gasteiger partial charge in [0.05, 0.1) is 26.2 Å². The lowest BCUT2D eigenvalue weighted by atomic mass is 9.97. The molecule has 2 heterocycles. The minimum absolute atomic E-state index is 0.102. The fourth-order valence-corrected chi connectivity index (χ4v) is 2.76. The zero-order valence-electron chi connectivity index (χ0n) is 11.5. The molecule has 2 saturated heterocycles. The van der Waals surface area contributed by atoms with Gasteiger partial charge in [0.25, 0.3) is 0 Å². The second kappa shape index (κ2) is 5.55. The van der Waals surface area contributed by atoms with Crippen molar-refractivity contribution in [2.24, 2.45) is 5.92 Å². The summed E-state index contributed by atoms with van der Waals surface area (Å²) in [6.45, 7) is 7.21. The number of hydrogen-bond donors (Lipinski definition) is 0. The van der Waals surface area contributed by atoms with Gasteiger partial charge in [0.1, 0.15) is 0 Å². The van der Waals surface area contributed by atoms with Crippen LogP contribution < -0.4 is 0 Å². The quantitative estimate of drug-likeness (QED) is 0.707. The highest BCUT2D eigenvalue weighted by Gasteiger charge is 2.41. The first-order valence-electron chi connectivity index (χ1n) is 6.68. The van der Waals surface area contributed by atoms with E-state index in [9.17, 15) is 4.79 Å². The van der Waals surface area contributed by atoms with Crippen LogP contribution in [0.1, 0.15) is 26.7 Å². The molecule has 2 aliphatic rings. The van der Waals surface area contributed by atoms with Crippen LogP contribution in [0, 0.1) is 5.92 Å². The molecule has 18 heavy (non-hydrogen) atoms. The maximum atomic E-state index is 11.5. The Morgan fingerprint density at radius 3 is 2.28 bits per heavy atom. The Bertz CT molecular complexity index is 291. The Labute approximate surface area is 108 Å². The van der Waals surface area contributed by atoms with Crippen molar-refractivity contribution in [3.8, 4) is 0 Å². The molecular formula is C13H23NO4. The Kier molecular flexibility index (Phi) is 4.25. The second-order valence-electron chi connectivity index (χ2n) is 5.20. The maximum absolute atomic E-state index is 11.5. The van der Waals surface area contributed by atoms with E-state index < -0.39 is 0 Å². The highest BCUT2D eigenvalue weighted by molar-refractivity contribution is 5.72. The van der Waals surface area contributed by atoms with E-state index in [0.717, 1.165) is 25.9 Å². The largest absolute Gasteiger partial charge is 0.469 e. The number of nitrogens with zero attached hydrogens (tertiary/aromatic N) is 1. The van der Waals surface area contributed by atoms with Crippen LogP contribution in [0.15, 0.2) is 0 Å². The molecule has 0 bridgehead atoms. The molecule has 0 N–H and O–H groups in total. The summed E-state index contributed by atoms with van der Waals surface area (Å²) < 4.78 is 16.2. The molecule has 0 aromatic rings. The number of carbonyl (C=O) groups excluding carboxylic acids is 1. The molecule has 2 rings (SSSR count). The van der Waals surface area contributed by atoms with Crippen molar-refractivity contribution in [3.05, 3.63) is 0 Å². The molecule has 0 amide bonds. The number of carbonyl (C=O) groups is 1. The van der Waals surface area contributed by atoms with Crippen LogP contribution >= 0.6 is 0 Å². The fraction of sp³-hybridized carbons (Fsp3) is 0.923. The van der Waals surface area contributed by atoms with E-state index in [-0.39, 0.29) is 23.7 Å². The first kappa shape index (κ1) is 13.8. The van der Waals surface area contributed by atoms with Crippen molar-refractivity contribution in [1.29, 1.82) is 0 Å². The normalized spacial score (nSPS) is 27.1. The van der Waals surface area contributed by atoms with E-state index in [2.05, 4.69) is 11.8 Å². The van der Waals surface area contributed by atoms with Gasteiger partial charge in [-0.1, -0.05) is 6.92 Å². The zero-order chi connectivity index (χ0) is 13.2. The second-order valence-corrected chi connectivity index (χ2v) is 5.20. The molecule has 2 atom stereocenters. The number of methoxy groups -OCH3 is 1. The molecule has 2 aliphatic heterocycles. The zero-order valence-corrected chi connectivity index (χ0v) is 11.5. The average Bonchev–Trinajstić information content (AvgIpc) is 2.85. The van der Waals surface area contributed by atoms with Gasteiger partial charge < -0.3 is 14.2 Å². The summed E-state index contributed by atoms with van der Waals surface area (Å²) in [5.74, 6) is -0.587. The molecule has 2 fully saturated rings. The van der Waals surface area contributed by atoms with Gasteiger partial charge in [0, 0.05) is 32.0 Å². The van der Waals surface area contributed by atoms with Crippen LogP contribution in [0.25, 0.3) is 0 Å². The molecule has 5 nitrogen and oxygen atoms in total. The molecule has 5 heteroatoms. The summed E-state index contributed by atoms with van der Waals surface area (Å²) in [6, 6.07) is 0.191. The van der Waals surface area contributed by atoms with Crippen molar-refractivity contribution in [2.45, 2.75) is 38.5 Å². The molecule has 0 aromatic heterocycles.